The van der Waals surface area contributed by atoms with Crippen molar-refractivity contribution in [3.05, 3.63) is 87.9 Å². The number of benzene rings is 2. The van der Waals surface area contributed by atoms with E-state index >= 15 is 0 Å². The molecule has 29 heavy (non-hydrogen) atoms. The smallest absolute Gasteiger partial charge is 0.284 e. The highest BCUT2D eigenvalue weighted by atomic mass is 35.5. The molecule has 0 spiro atoms. The van der Waals surface area contributed by atoms with Crippen LogP contribution in [0.2, 0.25) is 5.02 Å². The lowest BCUT2D eigenvalue weighted by Crippen LogP contribution is -2.30. The number of hydrogen-bond acceptors (Lipinski definition) is 4. The molecule has 144 valence electrons. The fourth-order valence-electron chi connectivity index (χ4n) is 3.08. The second kappa shape index (κ2) is 7.37. The van der Waals surface area contributed by atoms with Gasteiger partial charge in [0.2, 0.25) is 0 Å². The molecule has 0 saturated heterocycles. The zero-order valence-corrected chi connectivity index (χ0v) is 16.2. The van der Waals surface area contributed by atoms with Crippen molar-refractivity contribution >= 4 is 17.5 Å². The highest BCUT2D eigenvalue weighted by Crippen LogP contribution is 2.31. The molecule has 2 aromatic carbocycles. The molecule has 0 fully saturated rings. The molecular weight excluding hydrogens is 390 g/mol. The summed E-state index contributed by atoms with van der Waals surface area (Å²) in [5.74, 6) is -0.819. The summed E-state index contributed by atoms with van der Waals surface area (Å²) < 4.78 is 2.68. The zero-order valence-electron chi connectivity index (χ0n) is 15.4. The molecule has 0 aliphatic carbocycles. The fourth-order valence-corrected chi connectivity index (χ4v) is 3.21. The number of aromatic nitrogens is 4. The Morgan fingerprint density at radius 3 is 2.38 bits per heavy atom. The van der Waals surface area contributed by atoms with Crippen molar-refractivity contribution in [3.8, 4) is 28.1 Å². The van der Waals surface area contributed by atoms with Crippen LogP contribution in [0.15, 0.2) is 71.8 Å². The average molecular weight is 406 g/mol. The molecule has 4 aromatic rings. The summed E-state index contributed by atoms with van der Waals surface area (Å²) in [4.78, 5) is 24.7. The number of carbonyl (C=O) groups excluding carboxylic acids is 1. The summed E-state index contributed by atoms with van der Waals surface area (Å²) in [6, 6.07) is 16.4. The van der Waals surface area contributed by atoms with Crippen LogP contribution in [0.4, 0.5) is 0 Å². The fraction of sp³-hybridized carbons (Fsp3) is 0.0476. The largest absolute Gasteiger partial charge is 0.365 e. The maximum atomic E-state index is 12.7. The molecule has 0 unspecified atom stereocenters. The SMILES string of the molecule is Cn1cc(-n2nc(-c3ccccc3-c3ccc(Cl)cc3)cc(C(N)=O)c2=O)cn1. The van der Waals surface area contributed by atoms with E-state index in [1.54, 1.807) is 30.1 Å². The summed E-state index contributed by atoms with van der Waals surface area (Å²) in [6.45, 7) is 0. The first kappa shape index (κ1) is 18.6. The maximum Gasteiger partial charge on any atom is 0.284 e. The van der Waals surface area contributed by atoms with Crippen LogP contribution in [0.3, 0.4) is 0 Å². The number of primary amides is 1. The Morgan fingerprint density at radius 1 is 1.07 bits per heavy atom. The highest BCUT2D eigenvalue weighted by Gasteiger charge is 2.18. The molecule has 4 rings (SSSR count). The minimum Gasteiger partial charge on any atom is -0.365 e. The number of aryl methyl sites for hydroxylation is 1. The Labute approximate surface area is 171 Å². The molecule has 0 atom stereocenters. The van der Waals surface area contributed by atoms with Crippen LogP contribution in [0.5, 0.6) is 0 Å². The summed E-state index contributed by atoms with van der Waals surface area (Å²) >= 11 is 6.01. The molecule has 0 aliphatic heterocycles. The number of hydrogen-bond donors (Lipinski definition) is 1. The van der Waals surface area contributed by atoms with Crippen molar-refractivity contribution in [2.24, 2.45) is 12.8 Å². The topological polar surface area (TPSA) is 95.8 Å². The molecule has 7 nitrogen and oxygen atoms in total. The predicted molar refractivity (Wildman–Crippen MR) is 111 cm³/mol. The summed E-state index contributed by atoms with van der Waals surface area (Å²) in [5, 5.41) is 9.19. The lowest BCUT2D eigenvalue weighted by atomic mass is 9.97. The number of amides is 1. The first-order chi connectivity index (χ1) is 13.9. The van der Waals surface area contributed by atoms with Crippen molar-refractivity contribution in [1.82, 2.24) is 19.6 Å². The Balaban J connectivity index is 1.97. The van der Waals surface area contributed by atoms with Gasteiger partial charge in [-0.2, -0.15) is 14.9 Å². The zero-order chi connectivity index (χ0) is 20.5. The van der Waals surface area contributed by atoms with Crippen molar-refractivity contribution in [3.63, 3.8) is 0 Å². The Morgan fingerprint density at radius 2 is 1.76 bits per heavy atom. The van der Waals surface area contributed by atoms with E-state index in [0.717, 1.165) is 21.4 Å². The van der Waals surface area contributed by atoms with Crippen molar-refractivity contribution in [2.45, 2.75) is 0 Å². The lowest BCUT2D eigenvalue weighted by Gasteiger charge is -2.12. The Kier molecular flexibility index (Phi) is 4.74. The molecule has 8 heteroatoms. The van der Waals surface area contributed by atoms with Gasteiger partial charge < -0.3 is 5.73 Å². The van der Waals surface area contributed by atoms with Gasteiger partial charge in [0.15, 0.2) is 0 Å². The van der Waals surface area contributed by atoms with Gasteiger partial charge in [-0.15, -0.1) is 0 Å². The molecule has 0 bridgehead atoms. The second-order valence-electron chi connectivity index (χ2n) is 6.45. The first-order valence-corrected chi connectivity index (χ1v) is 9.10. The third kappa shape index (κ3) is 3.55. The normalized spacial score (nSPS) is 10.8. The maximum absolute atomic E-state index is 12.7. The summed E-state index contributed by atoms with van der Waals surface area (Å²) in [5.41, 5.74) is 8.14. The molecule has 2 N–H and O–H groups in total. The van der Waals surface area contributed by atoms with Gasteiger partial charge in [0.1, 0.15) is 11.3 Å². The number of carbonyl (C=O) groups is 1. The van der Waals surface area contributed by atoms with Gasteiger partial charge in [0.25, 0.3) is 11.5 Å². The van der Waals surface area contributed by atoms with Crippen LogP contribution < -0.4 is 11.3 Å². The van der Waals surface area contributed by atoms with Gasteiger partial charge in [-0.1, -0.05) is 48.0 Å². The van der Waals surface area contributed by atoms with Crippen molar-refractivity contribution in [2.75, 3.05) is 0 Å². The van der Waals surface area contributed by atoms with Crippen molar-refractivity contribution in [1.29, 1.82) is 0 Å². The van der Waals surface area contributed by atoms with Gasteiger partial charge in [0, 0.05) is 17.6 Å². The van der Waals surface area contributed by atoms with Crippen LogP contribution in [-0.4, -0.2) is 25.5 Å². The van der Waals surface area contributed by atoms with Gasteiger partial charge in [-0.05, 0) is 29.3 Å². The van der Waals surface area contributed by atoms with Crippen LogP contribution >= 0.6 is 11.6 Å². The van der Waals surface area contributed by atoms with Crippen LogP contribution in [0, 0.1) is 0 Å². The third-order valence-electron chi connectivity index (χ3n) is 4.47. The molecule has 1 amide bonds. The molecule has 0 radical (unpaired) electrons. The van der Waals surface area contributed by atoms with Gasteiger partial charge in [-0.25, -0.2) is 0 Å². The first-order valence-electron chi connectivity index (χ1n) is 8.72. The van der Waals surface area contributed by atoms with Crippen LogP contribution in [-0.2, 0) is 7.05 Å². The van der Waals surface area contributed by atoms with Gasteiger partial charge in [0.05, 0.1) is 18.1 Å². The van der Waals surface area contributed by atoms with E-state index in [1.165, 1.54) is 12.3 Å². The predicted octanol–water partition coefficient (Wildman–Crippen LogP) is 3.05. The molecule has 2 aromatic heterocycles. The molecule has 2 heterocycles. The van der Waals surface area contributed by atoms with E-state index in [9.17, 15) is 9.59 Å². The van der Waals surface area contributed by atoms with E-state index in [-0.39, 0.29) is 5.56 Å². The minimum absolute atomic E-state index is 0.148. The quantitative estimate of drug-likeness (QED) is 0.564. The number of nitrogens with zero attached hydrogens (tertiary/aromatic N) is 4. The third-order valence-corrected chi connectivity index (χ3v) is 4.72. The minimum atomic E-state index is -0.819. The number of halogens is 1. The summed E-state index contributed by atoms with van der Waals surface area (Å²) in [7, 11) is 1.73. The Hall–Kier alpha value is -3.71. The van der Waals surface area contributed by atoms with E-state index in [4.69, 9.17) is 17.3 Å². The molecule has 0 saturated carbocycles. The van der Waals surface area contributed by atoms with Gasteiger partial charge in [-0.3, -0.25) is 14.3 Å². The van der Waals surface area contributed by atoms with Crippen LogP contribution in [0.25, 0.3) is 28.1 Å². The number of nitrogens with two attached hydrogens (primary N) is 1. The standard InChI is InChI=1S/C21H16ClN5O2/c1-26-12-15(11-24-26)27-21(29)18(20(23)28)10-19(25-27)17-5-3-2-4-16(17)13-6-8-14(22)9-7-13/h2-12H,1H3,(H2,23,28). The summed E-state index contributed by atoms with van der Waals surface area (Å²) in [6.07, 6.45) is 3.13. The highest BCUT2D eigenvalue weighted by molar-refractivity contribution is 6.30. The number of rotatable bonds is 4. The van der Waals surface area contributed by atoms with Crippen LogP contribution in [0.1, 0.15) is 10.4 Å². The molecular formula is C21H16ClN5O2. The Bertz CT molecular complexity index is 1270. The van der Waals surface area contributed by atoms with E-state index in [0.29, 0.717) is 16.4 Å². The molecule has 0 aliphatic rings. The monoisotopic (exact) mass is 405 g/mol. The van der Waals surface area contributed by atoms with Crippen molar-refractivity contribution < 1.29 is 4.79 Å². The average Bonchev–Trinajstić information content (AvgIpc) is 3.15. The van der Waals surface area contributed by atoms with E-state index in [2.05, 4.69) is 10.2 Å². The van der Waals surface area contributed by atoms with E-state index < -0.39 is 11.5 Å². The second-order valence-corrected chi connectivity index (χ2v) is 6.89. The van der Waals surface area contributed by atoms with Gasteiger partial charge >= 0.3 is 0 Å². The lowest BCUT2D eigenvalue weighted by molar-refractivity contribution is 0.0998. The van der Waals surface area contributed by atoms with E-state index in [1.807, 2.05) is 36.4 Å².